The Labute approximate surface area is 276 Å². The van der Waals surface area contributed by atoms with Crippen LogP contribution in [-0.4, -0.2) is 103 Å². The molecule has 0 radical (unpaired) electrons. The molecular weight excluding hydrogens is 628 g/mol. The van der Waals surface area contributed by atoms with Gasteiger partial charge in [0.05, 0.1) is 34.8 Å². The van der Waals surface area contributed by atoms with Crippen LogP contribution >= 0.6 is 11.6 Å². The summed E-state index contributed by atoms with van der Waals surface area (Å²) < 4.78 is 37.0. The molecule has 2 unspecified atom stereocenters. The first kappa shape index (κ1) is 32.9. The molecule has 1 aromatic heterocycles. The summed E-state index contributed by atoms with van der Waals surface area (Å²) in [6.45, 7) is 3.98. The number of anilines is 1. The molecule has 0 saturated carbocycles. The quantitative estimate of drug-likeness (QED) is 0.340. The Morgan fingerprint density at radius 3 is 2.62 bits per heavy atom. The Morgan fingerprint density at radius 2 is 1.96 bits per heavy atom. The summed E-state index contributed by atoms with van der Waals surface area (Å²) in [5.74, 6) is -1.38. The lowest BCUT2D eigenvalue weighted by atomic mass is 9.96. The number of aliphatic hydroxyl groups excluding tert-OH is 1. The molecule has 13 heteroatoms. The van der Waals surface area contributed by atoms with E-state index >= 15 is 4.39 Å². The highest BCUT2D eigenvalue weighted by Crippen LogP contribution is 2.48. The van der Waals surface area contributed by atoms with Gasteiger partial charge in [-0.15, -0.1) is 0 Å². The third-order valence-electron chi connectivity index (χ3n) is 9.18. The normalized spacial score (nSPS) is 20.7. The van der Waals surface area contributed by atoms with Crippen LogP contribution in [0.2, 0.25) is 5.02 Å². The molecular formula is C34H36ClF2N7O3. The summed E-state index contributed by atoms with van der Waals surface area (Å²) in [5.41, 5.74) is 0.400. The molecule has 3 atom stereocenters. The largest absolute Gasteiger partial charge is 0.488 e. The average Bonchev–Trinajstić information content (AvgIpc) is 3.01. The van der Waals surface area contributed by atoms with Gasteiger partial charge in [-0.2, -0.15) is 10.5 Å². The Bertz CT molecular complexity index is 1860. The number of halogens is 3. The van der Waals surface area contributed by atoms with E-state index in [2.05, 4.69) is 17.0 Å². The molecule has 2 fully saturated rings. The molecule has 3 aliphatic heterocycles. The fourth-order valence-electron chi connectivity index (χ4n) is 6.82. The Kier molecular flexibility index (Phi) is 9.51. The lowest BCUT2D eigenvalue weighted by molar-refractivity contribution is 0.00407. The van der Waals surface area contributed by atoms with E-state index in [0.29, 0.717) is 42.8 Å². The van der Waals surface area contributed by atoms with E-state index in [0.717, 1.165) is 31.6 Å². The first-order chi connectivity index (χ1) is 22.6. The molecule has 4 heterocycles. The minimum absolute atomic E-state index is 0.0263. The van der Waals surface area contributed by atoms with Crippen molar-refractivity contribution in [2.45, 2.75) is 31.2 Å². The van der Waals surface area contributed by atoms with Crippen LogP contribution in [0.15, 0.2) is 41.2 Å². The molecule has 3 aromatic rings. The molecule has 47 heavy (non-hydrogen) atoms. The smallest absolute Gasteiger partial charge is 0.271 e. The van der Waals surface area contributed by atoms with Gasteiger partial charge in [-0.25, -0.2) is 8.78 Å². The summed E-state index contributed by atoms with van der Waals surface area (Å²) in [7, 11) is 3.85. The number of aliphatic hydroxyl groups is 1. The number of hydrogen-bond donors (Lipinski definition) is 1. The number of benzene rings is 2. The van der Waals surface area contributed by atoms with Crippen LogP contribution in [0.25, 0.3) is 22.0 Å². The minimum Gasteiger partial charge on any atom is -0.488 e. The molecule has 0 spiro atoms. The van der Waals surface area contributed by atoms with Gasteiger partial charge in [-0.05, 0) is 57.9 Å². The maximum atomic E-state index is 15.2. The number of hydrogen-bond acceptors (Lipinski definition) is 9. The molecule has 2 saturated heterocycles. The lowest BCUT2D eigenvalue weighted by Crippen LogP contribution is -2.56. The van der Waals surface area contributed by atoms with E-state index in [4.69, 9.17) is 16.3 Å². The summed E-state index contributed by atoms with van der Waals surface area (Å²) in [5, 5.41) is 31.8. The molecule has 0 aliphatic carbocycles. The Balaban J connectivity index is 1.51. The summed E-state index contributed by atoms with van der Waals surface area (Å²) in [6.07, 6.45) is 3.79. The SMILES string of the molecule is CN(C)C/C=C/C(O)N1CCN(c2c(C#N)c(=O)n3c4c(c(-c5ccc(F)cc5F)c(Cl)cc24)OCC3CN2CCC2)C[C@@H]1CC#N. The molecule has 2 aromatic carbocycles. The zero-order valence-electron chi connectivity index (χ0n) is 26.3. The van der Waals surface area contributed by atoms with E-state index in [1.165, 1.54) is 6.07 Å². The van der Waals surface area contributed by atoms with Gasteiger partial charge in [0.25, 0.3) is 5.56 Å². The predicted octanol–water partition coefficient (Wildman–Crippen LogP) is 3.95. The van der Waals surface area contributed by atoms with Gasteiger partial charge in [0.1, 0.15) is 36.1 Å². The monoisotopic (exact) mass is 663 g/mol. The third-order valence-corrected chi connectivity index (χ3v) is 9.48. The topological polar surface area (TPSA) is 112 Å². The molecule has 3 aliphatic rings. The first-order valence-electron chi connectivity index (χ1n) is 15.6. The molecule has 10 nitrogen and oxygen atoms in total. The van der Waals surface area contributed by atoms with E-state index in [1.54, 1.807) is 16.7 Å². The number of nitriles is 2. The maximum Gasteiger partial charge on any atom is 0.271 e. The van der Waals surface area contributed by atoms with Gasteiger partial charge in [-0.3, -0.25) is 14.3 Å². The van der Waals surface area contributed by atoms with Crippen LogP contribution in [0.3, 0.4) is 0 Å². The summed E-state index contributed by atoms with van der Waals surface area (Å²) >= 11 is 6.89. The highest BCUT2D eigenvalue weighted by Gasteiger charge is 2.37. The number of piperazine rings is 1. The van der Waals surface area contributed by atoms with Crippen molar-refractivity contribution in [1.82, 2.24) is 19.3 Å². The van der Waals surface area contributed by atoms with E-state index < -0.39 is 35.5 Å². The van der Waals surface area contributed by atoms with Crippen LogP contribution in [0.4, 0.5) is 14.5 Å². The zero-order valence-corrected chi connectivity index (χ0v) is 27.1. The molecule has 1 N–H and O–H groups in total. The second-order valence-corrected chi connectivity index (χ2v) is 12.9. The van der Waals surface area contributed by atoms with Crippen LogP contribution in [0, 0.1) is 34.3 Å². The van der Waals surface area contributed by atoms with Crippen LogP contribution in [0.5, 0.6) is 5.75 Å². The minimum atomic E-state index is -0.925. The van der Waals surface area contributed by atoms with Crippen molar-refractivity contribution < 1.29 is 18.6 Å². The second kappa shape index (κ2) is 13.6. The average molecular weight is 664 g/mol. The Morgan fingerprint density at radius 1 is 1.17 bits per heavy atom. The number of pyridine rings is 1. The molecule has 0 amide bonds. The highest BCUT2D eigenvalue weighted by atomic mass is 35.5. The van der Waals surface area contributed by atoms with E-state index in [-0.39, 0.29) is 47.0 Å². The maximum absolute atomic E-state index is 15.2. The van der Waals surface area contributed by atoms with Crippen molar-refractivity contribution >= 4 is 28.2 Å². The van der Waals surface area contributed by atoms with Crippen molar-refractivity contribution in [2.75, 3.05) is 71.4 Å². The van der Waals surface area contributed by atoms with Crippen LogP contribution in [0.1, 0.15) is 24.4 Å². The highest BCUT2D eigenvalue weighted by molar-refractivity contribution is 6.35. The molecule has 246 valence electrons. The van der Waals surface area contributed by atoms with Gasteiger partial charge in [0.15, 0.2) is 5.75 Å². The predicted molar refractivity (Wildman–Crippen MR) is 176 cm³/mol. The summed E-state index contributed by atoms with van der Waals surface area (Å²) in [4.78, 5) is 22.3. The standard InChI is InChI=1S/C34H36ClF2N7O3/c1-40(2)10-3-5-29(45)43-14-13-42(19-22(43)8-9-38)31-25-16-27(35)30(24-7-6-21(36)15-28(24)37)33-32(25)44(34(46)26(31)17-39)23(20-47-33)18-41-11-4-12-41/h3,5-7,15-16,22-23,29,45H,4,8,10-14,18-20H2,1-2H3/b5-3+/t22-,23?,29?/m0/s1. The first-order valence-corrected chi connectivity index (χ1v) is 16.0. The number of likely N-dealkylation sites (tertiary alicyclic amines) is 1. The fourth-order valence-corrected chi connectivity index (χ4v) is 7.11. The fraction of sp³-hybridized carbons (Fsp3) is 0.441. The molecule has 6 rings (SSSR count). The molecule has 0 bridgehead atoms. The lowest BCUT2D eigenvalue weighted by Gasteiger charge is -2.44. The van der Waals surface area contributed by atoms with Crippen molar-refractivity contribution in [2.24, 2.45) is 0 Å². The number of rotatable bonds is 9. The number of ether oxygens (including phenoxy) is 1. The van der Waals surface area contributed by atoms with Crippen molar-refractivity contribution in [3.63, 3.8) is 0 Å². The van der Waals surface area contributed by atoms with Crippen molar-refractivity contribution in [3.8, 4) is 29.0 Å². The van der Waals surface area contributed by atoms with Gasteiger partial charge >= 0.3 is 0 Å². The Hall–Kier alpha value is -4.04. The number of aromatic nitrogens is 1. The zero-order chi connectivity index (χ0) is 33.4. The van der Waals surface area contributed by atoms with Crippen LogP contribution < -0.4 is 15.2 Å². The van der Waals surface area contributed by atoms with E-state index in [1.807, 2.05) is 34.9 Å². The van der Waals surface area contributed by atoms with Gasteiger partial charge in [-0.1, -0.05) is 17.7 Å². The van der Waals surface area contributed by atoms with Crippen molar-refractivity contribution in [3.05, 3.63) is 69.0 Å². The second-order valence-electron chi connectivity index (χ2n) is 12.5. The van der Waals surface area contributed by atoms with Crippen molar-refractivity contribution in [1.29, 1.82) is 10.5 Å². The van der Waals surface area contributed by atoms with Crippen LogP contribution in [-0.2, 0) is 0 Å². The van der Waals surface area contributed by atoms with Gasteiger partial charge in [0.2, 0.25) is 0 Å². The third kappa shape index (κ3) is 6.20. The van der Waals surface area contributed by atoms with E-state index in [9.17, 15) is 24.8 Å². The summed E-state index contributed by atoms with van der Waals surface area (Å²) in [6, 6.07) is 8.35. The number of likely N-dealkylation sites (N-methyl/N-ethyl adjacent to an activating group) is 1. The number of nitrogens with zero attached hydrogens (tertiary/aromatic N) is 7. The van der Waals surface area contributed by atoms with Gasteiger partial charge in [0, 0.05) is 61.3 Å². The van der Waals surface area contributed by atoms with Gasteiger partial charge < -0.3 is 24.5 Å².